The molecule has 0 aromatic heterocycles. The van der Waals surface area contributed by atoms with Crippen molar-refractivity contribution in [2.75, 3.05) is 24.2 Å². The minimum atomic E-state index is -0.544. The fourth-order valence-electron chi connectivity index (χ4n) is 2.23. The van der Waals surface area contributed by atoms with Gasteiger partial charge in [0.25, 0.3) is 0 Å². The van der Waals surface area contributed by atoms with E-state index in [-0.39, 0.29) is 18.4 Å². The minimum absolute atomic E-state index is 0.0258. The van der Waals surface area contributed by atoms with E-state index in [2.05, 4.69) is 10.6 Å². The van der Waals surface area contributed by atoms with E-state index in [1.807, 2.05) is 6.07 Å². The molecule has 0 spiro atoms. The van der Waals surface area contributed by atoms with Gasteiger partial charge in [-0.1, -0.05) is 29.8 Å². The molecule has 0 heterocycles. The maximum atomic E-state index is 12.4. The van der Waals surface area contributed by atoms with Crippen molar-refractivity contribution >= 4 is 34.8 Å². The summed E-state index contributed by atoms with van der Waals surface area (Å²) in [4.78, 5) is 26.1. The van der Waals surface area contributed by atoms with Crippen LogP contribution in [0.25, 0.3) is 0 Å². The van der Waals surface area contributed by atoms with Crippen molar-refractivity contribution in [3.8, 4) is 6.07 Å². The van der Waals surface area contributed by atoms with Crippen molar-refractivity contribution in [3.05, 3.63) is 59.1 Å². The number of anilines is 2. The summed E-state index contributed by atoms with van der Waals surface area (Å²) in [5.41, 5.74) is 1.52. The predicted molar refractivity (Wildman–Crippen MR) is 102 cm³/mol. The van der Waals surface area contributed by atoms with E-state index < -0.39 is 6.04 Å². The van der Waals surface area contributed by atoms with Crippen LogP contribution in [0.5, 0.6) is 0 Å². The summed E-state index contributed by atoms with van der Waals surface area (Å²) in [7, 11) is 1.68. The molecule has 0 fully saturated rings. The number of likely N-dealkylation sites (N-methyl/N-ethyl adjacent to an activating group) is 1. The van der Waals surface area contributed by atoms with Crippen molar-refractivity contribution in [2.24, 2.45) is 0 Å². The van der Waals surface area contributed by atoms with Crippen LogP contribution in [-0.4, -0.2) is 36.3 Å². The number of nitrogens with zero attached hydrogens (tertiary/aromatic N) is 2. The van der Waals surface area contributed by atoms with Gasteiger partial charge in [0.1, 0.15) is 0 Å². The topological polar surface area (TPSA) is 85.2 Å². The van der Waals surface area contributed by atoms with E-state index in [0.29, 0.717) is 22.0 Å². The Balaban J connectivity index is 1.92. The highest BCUT2D eigenvalue weighted by Crippen LogP contribution is 2.20. The van der Waals surface area contributed by atoms with Crippen LogP contribution in [-0.2, 0) is 9.59 Å². The van der Waals surface area contributed by atoms with Gasteiger partial charge in [-0.15, -0.1) is 0 Å². The summed E-state index contributed by atoms with van der Waals surface area (Å²) in [5.74, 6) is -0.542. The summed E-state index contributed by atoms with van der Waals surface area (Å²) in [6.45, 7) is 1.73. The summed E-state index contributed by atoms with van der Waals surface area (Å²) in [5, 5.41) is 14.8. The molecular formula is C19H19ClN4O2. The third-order valence-corrected chi connectivity index (χ3v) is 4.17. The first-order chi connectivity index (χ1) is 12.4. The van der Waals surface area contributed by atoms with Crippen LogP contribution in [0.1, 0.15) is 12.5 Å². The summed E-state index contributed by atoms with van der Waals surface area (Å²) >= 11 is 6.02. The van der Waals surface area contributed by atoms with Crippen molar-refractivity contribution in [1.29, 1.82) is 5.26 Å². The monoisotopic (exact) mass is 370 g/mol. The first kappa shape index (κ1) is 19.4. The zero-order chi connectivity index (χ0) is 19.1. The number of para-hydroxylation sites is 1. The Morgan fingerprint density at radius 3 is 2.62 bits per heavy atom. The lowest BCUT2D eigenvalue weighted by atomic mass is 10.2. The Bertz CT molecular complexity index is 847. The average Bonchev–Trinajstić information content (AvgIpc) is 2.63. The average molecular weight is 371 g/mol. The van der Waals surface area contributed by atoms with Gasteiger partial charge in [0, 0.05) is 5.69 Å². The van der Waals surface area contributed by atoms with Crippen LogP contribution in [0.3, 0.4) is 0 Å². The standard InChI is InChI=1S/C19H19ClN4O2/c1-13(19(26)22-15-7-5-6-14(10-15)11-21)24(2)12-18(25)23-17-9-4-3-8-16(17)20/h3-10,13H,12H2,1-2H3,(H,22,26)(H,23,25)/t13-/m1/s1. The molecule has 0 aliphatic carbocycles. The highest BCUT2D eigenvalue weighted by molar-refractivity contribution is 6.33. The maximum absolute atomic E-state index is 12.4. The van der Waals surface area contributed by atoms with Crippen LogP contribution < -0.4 is 10.6 Å². The van der Waals surface area contributed by atoms with Gasteiger partial charge in [-0.3, -0.25) is 14.5 Å². The fraction of sp³-hybridized carbons (Fsp3) is 0.211. The quantitative estimate of drug-likeness (QED) is 0.818. The molecule has 0 unspecified atom stereocenters. The minimum Gasteiger partial charge on any atom is -0.325 e. The molecule has 26 heavy (non-hydrogen) atoms. The Labute approximate surface area is 157 Å². The van der Waals surface area contributed by atoms with E-state index in [0.717, 1.165) is 0 Å². The van der Waals surface area contributed by atoms with Crippen molar-refractivity contribution in [3.63, 3.8) is 0 Å². The van der Waals surface area contributed by atoms with Gasteiger partial charge >= 0.3 is 0 Å². The Hall–Kier alpha value is -2.88. The molecular weight excluding hydrogens is 352 g/mol. The second-order valence-electron chi connectivity index (χ2n) is 5.80. The SMILES string of the molecule is C[C@H](C(=O)Nc1cccc(C#N)c1)N(C)CC(=O)Nc1ccccc1Cl. The first-order valence-corrected chi connectivity index (χ1v) is 8.34. The number of nitrogens with one attached hydrogen (secondary N) is 2. The van der Waals surface area contributed by atoms with Crippen LogP contribution in [0.2, 0.25) is 5.02 Å². The Morgan fingerprint density at radius 1 is 1.19 bits per heavy atom. The first-order valence-electron chi connectivity index (χ1n) is 7.96. The molecule has 2 amide bonds. The molecule has 0 saturated carbocycles. The van der Waals surface area contributed by atoms with Gasteiger partial charge in [0.15, 0.2) is 0 Å². The van der Waals surface area contributed by atoms with Crippen LogP contribution >= 0.6 is 11.6 Å². The molecule has 2 N–H and O–H groups in total. The lowest BCUT2D eigenvalue weighted by molar-refractivity contribution is -0.122. The molecule has 2 aromatic rings. The van der Waals surface area contributed by atoms with E-state index in [4.69, 9.17) is 16.9 Å². The number of nitriles is 1. The number of halogens is 1. The number of amides is 2. The number of hydrogen-bond acceptors (Lipinski definition) is 4. The van der Waals surface area contributed by atoms with E-state index in [1.54, 1.807) is 67.4 Å². The second-order valence-corrected chi connectivity index (χ2v) is 6.21. The van der Waals surface area contributed by atoms with Gasteiger partial charge in [0.2, 0.25) is 11.8 Å². The fourth-order valence-corrected chi connectivity index (χ4v) is 2.41. The van der Waals surface area contributed by atoms with Gasteiger partial charge in [-0.05, 0) is 44.3 Å². The third-order valence-electron chi connectivity index (χ3n) is 3.84. The van der Waals surface area contributed by atoms with Gasteiger partial charge in [0.05, 0.1) is 34.9 Å². The smallest absolute Gasteiger partial charge is 0.241 e. The summed E-state index contributed by atoms with van der Waals surface area (Å²) in [6, 6.07) is 15.1. The zero-order valence-corrected chi connectivity index (χ0v) is 15.2. The molecule has 7 heteroatoms. The molecule has 134 valence electrons. The largest absolute Gasteiger partial charge is 0.325 e. The molecule has 1 atom stereocenters. The molecule has 0 radical (unpaired) electrons. The second kappa shape index (κ2) is 8.99. The zero-order valence-electron chi connectivity index (χ0n) is 14.5. The highest BCUT2D eigenvalue weighted by atomic mass is 35.5. The van der Waals surface area contributed by atoms with Crippen molar-refractivity contribution in [2.45, 2.75) is 13.0 Å². The normalized spacial score (nSPS) is 11.5. The number of rotatable bonds is 6. The predicted octanol–water partition coefficient (Wildman–Crippen LogP) is 3.11. The third kappa shape index (κ3) is 5.31. The van der Waals surface area contributed by atoms with Gasteiger partial charge in [-0.25, -0.2) is 0 Å². The van der Waals surface area contributed by atoms with E-state index in [1.165, 1.54) is 0 Å². The molecule has 0 saturated heterocycles. The highest BCUT2D eigenvalue weighted by Gasteiger charge is 2.20. The summed E-state index contributed by atoms with van der Waals surface area (Å²) in [6.07, 6.45) is 0. The number of benzene rings is 2. The Kier molecular flexibility index (Phi) is 6.73. The van der Waals surface area contributed by atoms with Crippen LogP contribution in [0.4, 0.5) is 11.4 Å². The van der Waals surface area contributed by atoms with E-state index >= 15 is 0 Å². The number of carbonyl (C=O) groups excluding carboxylic acids is 2. The van der Waals surface area contributed by atoms with Crippen LogP contribution in [0.15, 0.2) is 48.5 Å². The molecule has 6 nitrogen and oxygen atoms in total. The molecule has 0 bridgehead atoms. The summed E-state index contributed by atoms with van der Waals surface area (Å²) < 4.78 is 0. The molecule has 2 rings (SSSR count). The van der Waals surface area contributed by atoms with Gasteiger partial charge < -0.3 is 10.6 Å². The number of carbonyl (C=O) groups is 2. The van der Waals surface area contributed by atoms with Crippen molar-refractivity contribution < 1.29 is 9.59 Å². The number of hydrogen-bond donors (Lipinski definition) is 2. The maximum Gasteiger partial charge on any atom is 0.241 e. The molecule has 0 aliphatic heterocycles. The van der Waals surface area contributed by atoms with Crippen LogP contribution in [0, 0.1) is 11.3 Å². The van der Waals surface area contributed by atoms with Crippen molar-refractivity contribution in [1.82, 2.24) is 4.90 Å². The lowest BCUT2D eigenvalue weighted by Gasteiger charge is -2.23. The molecule has 2 aromatic carbocycles. The van der Waals surface area contributed by atoms with Gasteiger partial charge in [-0.2, -0.15) is 5.26 Å². The molecule has 0 aliphatic rings. The Morgan fingerprint density at radius 2 is 1.92 bits per heavy atom. The van der Waals surface area contributed by atoms with E-state index in [9.17, 15) is 9.59 Å². The lowest BCUT2D eigenvalue weighted by Crippen LogP contribution is -2.43.